The highest BCUT2D eigenvalue weighted by molar-refractivity contribution is 7.87. The Morgan fingerprint density at radius 1 is 1.25 bits per heavy atom. The lowest BCUT2D eigenvalue weighted by Crippen LogP contribution is -2.11. The Balaban J connectivity index is 2.45. The Morgan fingerprint density at radius 2 is 1.92 bits per heavy atom. The van der Waals surface area contributed by atoms with Crippen LogP contribution in [0.15, 0.2) is 46.4 Å². The standard InChI is InChI=1S/C16H16ClNO5S/c1-3-22-15-9-12(10-18-19)8-14(17)16(15)23-24(20,21)13-6-4-11(2)5-7-13/h4-10,19H,3H2,1-2H3/b18-10-. The van der Waals surface area contributed by atoms with Crippen molar-refractivity contribution in [3.05, 3.63) is 52.5 Å². The van der Waals surface area contributed by atoms with Crippen LogP contribution < -0.4 is 8.92 Å². The number of nitrogens with zero attached hydrogens (tertiary/aromatic N) is 1. The number of hydrogen-bond acceptors (Lipinski definition) is 6. The molecule has 8 heteroatoms. The molecule has 1 N–H and O–H groups in total. The molecule has 0 aliphatic heterocycles. The minimum absolute atomic E-state index is 0.00705. The lowest BCUT2D eigenvalue weighted by molar-refractivity contribution is 0.321. The molecule has 0 atom stereocenters. The quantitative estimate of drug-likeness (QED) is 0.364. The van der Waals surface area contributed by atoms with Crippen molar-refractivity contribution in [3.63, 3.8) is 0 Å². The first-order valence-electron chi connectivity index (χ1n) is 7.02. The maximum Gasteiger partial charge on any atom is 0.339 e. The first-order valence-corrected chi connectivity index (χ1v) is 8.81. The van der Waals surface area contributed by atoms with E-state index >= 15 is 0 Å². The SMILES string of the molecule is CCOc1cc(/C=N\O)cc(Cl)c1OS(=O)(=O)c1ccc(C)cc1. The molecular formula is C16H16ClNO5S. The van der Waals surface area contributed by atoms with Gasteiger partial charge in [-0.25, -0.2) is 0 Å². The second kappa shape index (κ2) is 7.55. The molecule has 0 amide bonds. The van der Waals surface area contributed by atoms with Gasteiger partial charge < -0.3 is 14.1 Å². The Hall–Kier alpha value is -2.25. The summed E-state index contributed by atoms with van der Waals surface area (Å²) in [7, 11) is -4.07. The highest BCUT2D eigenvalue weighted by Gasteiger charge is 2.22. The minimum atomic E-state index is -4.07. The van der Waals surface area contributed by atoms with Gasteiger partial charge in [-0.1, -0.05) is 34.5 Å². The van der Waals surface area contributed by atoms with Crippen LogP contribution in [0.3, 0.4) is 0 Å². The van der Waals surface area contributed by atoms with E-state index in [1.807, 2.05) is 6.92 Å². The summed E-state index contributed by atoms with van der Waals surface area (Å²) in [4.78, 5) is 0.00705. The van der Waals surface area contributed by atoms with Gasteiger partial charge >= 0.3 is 10.1 Å². The van der Waals surface area contributed by atoms with Gasteiger partial charge in [0.2, 0.25) is 5.75 Å². The van der Waals surface area contributed by atoms with Crippen molar-refractivity contribution in [2.45, 2.75) is 18.7 Å². The number of aryl methyl sites for hydroxylation is 1. The summed E-state index contributed by atoms with van der Waals surface area (Å²) < 4.78 is 35.4. The maximum absolute atomic E-state index is 12.4. The van der Waals surface area contributed by atoms with Crippen LogP contribution in [0.4, 0.5) is 0 Å². The van der Waals surface area contributed by atoms with Crippen molar-refractivity contribution in [1.29, 1.82) is 0 Å². The normalized spacial score (nSPS) is 11.6. The van der Waals surface area contributed by atoms with Gasteiger partial charge in [-0.3, -0.25) is 0 Å². The van der Waals surface area contributed by atoms with Gasteiger partial charge in [-0.05, 0) is 38.1 Å². The molecule has 0 bridgehead atoms. The van der Waals surface area contributed by atoms with E-state index in [1.165, 1.54) is 24.3 Å². The van der Waals surface area contributed by atoms with E-state index in [0.717, 1.165) is 11.8 Å². The second-order valence-corrected chi connectivity index (χ2v) is 6.81. The number of halogens is 1. The van der Waals surface area contributed by atoms with Crippen LogP contribution in [-0.4, -0.2) is 26.4 Å². The van der Waals surface area contributed by atoms with Crippen molar-refractivity contribution < 1.29 is 22.5 Å². The predicted molar refractivity (Wildman–Crippen MR) is 91.0 cm³/mol. The Morgan fingerprint density at radius 3 is 2.50 bits per heavy atom. The number of rotatable bonds is 6. The monoisotopic (exact) mass is 369 g/mol. The van der Waals surface area contributed by atoms with E-state index in [-0.39, 0.29) is 28.0 Å². The van der Waals surface area contributed by atoms with Crippen molar-refractivity contribution in [2.24, 2.45) is 5.16 Å². The van der Waals surface area contributed by atoms with Gasteiger partial charge in [0.15, 0.2) is 5.75 Å². The maximum atomic E-state index is 12.4. The van der Waals surface area contributed by atoms with Gasteiger partial charge in [0.05, 0.1) is 17.8 Å². The summed E-state index contributed by atoms with van der Waals surface area (Å²) in [5.74, 6) is 0.0183. The molecule has 0 saturated carbocycles. The molecule has 0 spiro atoms. The van der Waals surface area contributed by atoms with Gasteiger partial charge in [-0.2, -0.15) is 8.42 Å². The fourth-order valence-corrected chi connectivity index (χ4v) is 3.20. The third kappa shape index (κ3) is 4.18. The van der Waals surface area contributed by atoms with Gasteiger partial charge in [0, 0.05) is 5.56 Å². The molecule has 0 radical (unpaired) electrons. The molecule has 0 aliphatic carbocycles. The Labute approximate surface area is 145 Å². The van der Waals surface area contributed by atoms with Crippen LogP contribution in [0.5, 0.6) is 11.5 Å². The molecule has 0 saturated heterocycles. The Kier molecular flexibility index (Phi) is 5.69. The summed E-state index contributed by atoms with van der Waals surface area (Å²) >= 11 is 6.11. The van der Waals surface area contributed by atoms with E-state index in [0.29, 0.717) is 5.56 Å². The van der Waals surface area contributed by atoms with E-state index in [2.05, 4.69) is 5.16 Å². The van der Waals surface area contributed by atoms with Crippen molar-refractivity contribution in [2.75, 3.05) is 6.61 Å². The van der Waals surface area contributed by atoms with Crippen LogP contribution in [0.2, 0.25) is 5.02 Å². The highest BCUT2D eigenvalue weighted by atomic mass is 35.5. The van der Waals surface area contributed by atoms with E-state index < -0.39 is 10.1 Å². The first kappa shape index (κ1) is 18.1. The lowest BCUT2D eigenvalue weighted by Gasteiger charge is -2.14. The second-order valence-electron chi connectivity index (χ2n) is 4.86. The lowest BCUT2D eigenvalue weighted by atomic mass is 10.2. The van der Waals surface area contributed by atoms with Crippen molar-refractivity contribution >= 4 is 27.9 Å². The third-order valence-corrected chi connectivity index (χ3v) is 4.56. The topological polar surface area (TPSA) is 85.2 Å². The van der Waals surface area contributed by atoms with Crippen LogP contribution in [0.25, 0.3) is 0 Å². The first-order chi connectivity index (χ1) is 11.4. The van der Waals surface area contributed by atoms with Gasteiger partial charge in [-0.15, -0.1) is 0 Å². The minimum Gasteiger partial charge on any atom is -0.490 e. The average Bonchev–Trinajstić information content (AvgIpc) is 2.52. The average molecular weight is 370 g/mol. The van der Waals surface area contributed by atoms with Crippen LogP contribution in [0, 0.1) is 6.92 Å². The summed E-state index contributed by atoms with van der Waals surface area (Å²) in [6.45, 7) is 3.86. The molecule has 6 nitrogen and oxygen atoms in total. The molecule has 0 heterocycles. The van der Waals surface area contributed by atoms with E-state index in [9.17, 15) is 8.42 Å². The summed E-state index contributed by atoms with van der Waals surface area (Å²) in [5, 5.41) is 11.5. The molecule has 2 aromatic carbocycles. The highest BCUT2D eigenvalue weighted by Crippen LogP contribution is 2.38. The molecule has 0 aromatic heterocycles. The molecule has 0 aliphatic rings. The molecule has 2 aromatic rings. The van der Waals surface area contributed by atoms with Crippen LogP contribution in [-0.2, 0) is 10.1 Å². The third-order valence-electron chi connectivity index (χ3n) is 3.04. The summed E-state index contributed by atoms with van der Waals surface area (Å²) in [6.07, 6.45) is 1.15. The number of benzene rings is 2. The molecule has 0 unspecified atom stereocenters. The van der Waals surface area contributed by atoms with Gasteiger partial charge in [0.25, 0.3) is 0 Å². The smallest absolute Gasteiger partial charge is 0.339 e. The molecule has 0 fully saturated rings. The van der Waals surface area contributed by atoms with Crippen LogP contribution in [0.1, 0.15) is 18.1 Å². The Bertz CT molecular complexity index is 848. The zero-order chi connectivity index (χ0) is 17.7. The molecule has 128 valence electrons. The summed E-state index contributed by atoms with van der Waals surface area (Å²) in [5.41, 5.74) is 1.36. The molecular weight excluding hydrogens is 354 g/mol. The molecule has 24 heavy (non-hydrogen) atoms. The van der Waals surface area contributed by atoms with E-state index in [1.54, 1.807) is 19.1 Å². The van der Waals surface area contributed by atoms with E-state index in [4.69, 9.17) is 25.7 Å². The number of oxime groups is 1. The zero-order valence-electron chi connectivity index (χ0n) is 13.1. The fraction of sp³-hybridized carbons (Fsp3) is 0.188. The number of ether oxygens (including phenoxy) is 1. The van der Waals surface area contributed by atoms with Crippen molar-refractivity contribution in [3.8, 4) is 11.5 Å². The largest absolute Gasteiger partial charge is 0.490 e. The predicted octanol–water partition coefficient (Wildman–Crippen LogP) is 3.62. The summed E-state index contributed by atoms with van der Waals surface area (Å²) in [6, 6.07) is 9.11. The fourth-order valence-electron chi connectivity index (χ4n) is 1.94. The zero-order valence-corrected chi connectivity index (χ0v) is 14.6. The van der Waals surface area contributed by atoms with Gasteiger partial charge in [0.1, 0.15) is 4.90 Å². The molecule has 2 rings (SSSR count). The van der Waals surface area contributed by atoms with Crippen LogP contribution >= 0.6 is 11.6 Å². The number of hydrogen-bond donors (Lipinski definition) is 1. The van der Waals surface area contributed by atoms with Crippen molar-refractivity contribution in [1.82, 2.24) is 0 Å².